The van der Waals surface area contributed by atoms with E-state index in [1.807, 2.05) is 18.2 Å². The van der Waals surface area contributed by atoms with E-state index in [-0.39, 0.29) is 5.91 Å². The van der Waals surface area contributed by atoms with Gasteiger partial charge in [0.1, 0.15) is 5.69 Å². The lowest BCUT2D eigenvalue weighted by molar-refractivity contribution is 0.102. The summed E-state index contributed by atoms with van der Waals surface area (Å²) in [6.45, 7) is 9.36. The highest BCUT2D eigenvalue weighted by Crippen LogP contribution is 2.20. The van der Waals surface area contributed by atoms with E-state index in [0.29, 0.717) is 11.6 Å². The van der Waals surface area contributed by atoms with Gasteiger partial charge in [0.15, 0.2) is 0 Å². The zero-order valence-corrected chi connectivity index (χ0v) is 16.4. The maximum absolute atomic E-state index is 12.5. The number of nitrogens with zero attached hydrogens (tertiary/aromatic N) is 3. The first-order valence-corrected chi connectivity index (χ1v) is 9.56. The number of amides is 1. The molecule has 0 radical (unpaired) electrons. The molecule has 0 spiro atoms. The highest BCUT2D eigenvalue weighted by Gasteiger charge is 2.14. The zero-order chi connectivity index (χ0) is 19.2. The number of carbonyl (C=O) groups excluding carboxylic acids is 1. The molecule has 1 aromatic carbocycles. The highest BCUT2D eigenvalue weighted by atomic mass is 16.1. The average molecular weight is 367 g/mol. The minimum atomic E-state index is -0.199. The van der Waals surface area contributed by atoms with Crippen LogP contribution in [0.2, 0.25) is 0 Å². The van der Waals surface area contributed by atoms with E-state index in [4.69, 9.17) is 0 Å². The van der Waals surface area contributed by atoms with Crippen LogP contribution in [0.4, 0.5) is 17.1 Å². The van der Waals surface area contributed by atoms with Crippen molar-refractivity contribution in [3.63, 3.8) is 0 Å². The first-order chi connectivity index (χ1) is 13.0. The van der Waals surface area contributed by atoms with Crippen LogP contribution in [0.3, 0.4) is 0 Å². The smallest absolute Gasteiger partial charge is 0.274 e. The van der Waals surface area contributed by atoms with E-state index in [2.05, 4.69) is 58.4 Å². The SMILES string of the molecule is CC(C)CNc1ccnc(C(=O)Nc2ccc(N3CCN(C)CC3)cc2)c1. The van der Waals surface area contributed by atoms with Gasteiger partial charge >= 0.3 is 0 Å². The minimum absolute atomic E-state index is 0.199. The molecular weight excluding hydrogens is 338 g/mol. The Morgan fingerprint density at radius 1 is 1.07 bits per heavy atom. The third-order valence-corrected chi connectivity index (χ3v) is 4.70. The Kier molecular flexibility index (Phi) is 6.29. The van der Waals surface area contributed by atoms with Crippen LogP contribution >= 0.6 is 0 Å². The number of pyridine rings is 1. The van der Waals surface area contributed by atoms with Gasteiger partial charge < -0.3 is 20.4 Å². The molecule has 1 aliphatic rings. The minimum Gasteiger partial charge on any atom is -0.385 e. The number of nitrogens with one attached hydrogen (secondary N) is 2. The van der Waals surface area contributed by atoms with Crippen molar-refractivity contribution in [1.29, 1.82) is 0 Å². The maximum Gasteiger partial charge on any atom is 0.274 e. The first kappa shape index (κ1) is 19.2. The highest BCUT2D eigenvalue weighted by molar-refractivity contribution is 6.03. The second-order valence-electron chi connectivity index (χ2n) is 7.50. The molecule has 1 aliphatic heterocycles. The summed E-state index contributed by atoms with van der Waals surface area (Å²) in [4.78, 5) is 21.4. The summed E-state index contributed by atoms with van der Waals surface area (Å²) in [5.74, 6) is 0.338. The number of anilines is 3. The normalized spacial score (nSPS) is 15.0. The molecule has 0 aliphatic carbocycles. The van der Waals surface area contributed by atoms with Gasteiger partial charge in [0.25, 0.3) is 5.91 Å². The molecule has 1 saturated heterocycles. The van der Waals surface area contributed by atoms with Crippen LogP contribution in [0.25, 0.3) is 0 Å². The van der Waals surface area contributed by atoms with Crippen molar-refractivity contribution in [2.45, 2.75) is 13.8 Å². The summed E-state index contributed by atoms with van der Waals surface area (Å²) in [6.07, 6.45) is 1.66. The van der Waals surface area contributed by atoms with E-state index >= 15 is 0 Å². The molecular formula is C21H29N5O. The molecule has 3 rings (SSSR count). The van der Waals surface area contributed by atoms with E-state index in [9.17, 15) is 4.79 Å². The predicted octanol–water partition coefficient (Wildman–Crippen LogP) is 3.15. The van der Waals surface area contributed by atoms with E-state index in [1.165, 1.54) is 5.69 Å². The fourth-order valence-electron chi connectivity index (χ4n) is 3.00. The van der Waals surface area contributed by atoms with Gasteiger partial charge in [0.2, 0.25) is 0 Å². The van der Waals surface area contributed by atoms with Crippen LogP contribution in [0.1, 0.15) is 24.3 Å². The van der Waals surface area contributed by atoms with Crippen LogP contribution in [0.5, 0.6) is 0 Å². The van der Waals surface area contributed by atoms with Gasteiger partial charge in [0, 0.05) is 56.0 Å². The molecule has 27 heavy (non-hydrogen) atoms. The van der Waals surface area contributed by atoms with Gasteiger partial charge in [-0.25, -0.2) is 0 Å². The largest absolute Gasteiger partial charge is 0.385 e. The summed E-state index contributed by atoms with van der Waals surface area (Å²) in [7, 11) is 2.15. The van der Waals surface area contributed by atoms with Gasteiger partial charge in [0.05, 0.1) is 0 Å². The fraction of sp³-hybridized carbons (Fsp3) is 0.429. The average Bonchev–Trinajstić information content (AvgIpc) is 2.68. The predicted molar refractivity (Wildman–Crippen MR) is 112 cm³/mol. The molecule has 1 amide bonds. The molecule has 1 aromatic heterocycles. The Morgan fingerprint density at radius 3 is 2.44 bits per heavy atom. The molecule has 2 aromatic rings. The number of aromatic nitrogens is 1. The molecule has 6 nitrogen and oxygen atoms in total. The van der Waals surface area contributed by atoms with Crippen molar-refractivity contribution in [2.75, 3.05) is 55.3 Å². The molecule has 144 valence electrons. The molecule has 0 unspecified atom stereocenters. The summed E-state index contributed by atoms with van der Waals surface area (Å²) in [5, 5.41) is 6.25. The second kappa shape index (κ2) is 8.86. The summed E-state index contributed by atoms with van der Waals surface area (Å²) < 4.78 is 0. The Bertz CT molecular complexity index is 751. The number of rotatable bonds is 6. The lowest BCUT2D eigenvalue weighted by Crippen LogP contribution is -2.44. The number of benzene rings is 1. The van der Waals surface area contributed by atoms with Crippen LogP contribution in [-0.2, 0) is 0 Å². The summed E-state index contributed by atoms with van der Waals surface area (Å²) in [5.41, 5.74) is 3.29. The van der Waals surface area contributed by atoms with Gasteiger partial charge in [-0.15, -0.1) is 0 Å². The quantitative estimate of drug-likeness (QED) is 0.821. The van der Waals surface area contributed by atoms with Crippen LogP contribution in [0.15, 0.2) is 42.6 Å². The van der Waals surface area contributed by atoms with Crippen LogP contribution in [0, 0.1) is 5.92 Å². The van der Waals surface area contributed by atoms with Gasteiger partial charge in [-0.3, -0.25) is 9.78 Å². The van der Waals surface area contributed by atoms with E-state index < -0.39 is 0 Å². The van der Waals surface area contributed by atoms with Gasteiger partial charge in [-0.1, -0.05) is 13.8 Å². The Labute approximate surface area is 161 Å². The van der Waals surface area contributed by atoms with Crippen molar-refractivity contribution in [1.82, 2.24) is 9.88 Å². The zero-order valence-electron chi connectivity index (χ0n) is 16.4. The van der Waals surface area contributed by atoms with E-state index in [1.54, 1.807) is 12.3 Å². The third kappa shape index (κ3) is 5.44. The third-order valence-electron chi connectivity index (χ3n) is 4.70. The molecule has 6 heteroatoms. The lowest BCUT2D eigenvalue weighted by Gasteiger charge is -2.34. The molecule has 2 heterocycles. The fourth-order valence-corrected chi connectivity index (χ4v) is 3.00. The Morgan fingerprint density at radius 2 is 1.78 bits per heavy atom. The van der Waals surface area contributed by atoms with Crippen molar-refractivity contribution in [2.24, 2.45) is 5.92 Å². The Balaban J connectivity index is 1.60. The molecule has 0 saturated carbocycles. The number of piperazine rings is 1. The molecule has 1 fully saturated rings. The second-order valence-corrected chi connectivity index (χ2v) is 7.50. The summed E-state index contributed by atoms with van der Waals surface area (Å²) >= 11 is 0. The lowest BCUT2D eigenvalue weighted by atomic mass is 10.2. The van der Waals surface area contributed by atoms with Crippen molar-refractivity contribution in [3.8, 4) is 0 Å². The van der Waals surface area contributed by atoms with E-state index in [0.717, 1.165) is 44.1 Å². The van der Waals surface area contributed by atoms with Crippen molar-refractivity contribution >= 4 is 23.0 Å². The monoisotopic (exact) mass is 367 g/mol. The number of hydrogen-bond acceptors (Lipinski definition) is 5. The first-order valence-electron chi connectivity index (χ1n) is 9.56. The standard InChI is InChI=1S/C21H29N5O/c1-16(2)15-23-18-8-9-22-20(14-18)21(27)24-17-4-6-19(7-5-17)26-12-10-25(3)11-13-26/h4-9,14,16H,10-13,15H2,1-3H3,(H,22,23)(H,24,27). The molecule has 0 bridgehead atoms. The van der Waals surface area contributed by atoms with Crippen LogP contribution < -0.4 is 15.5 Å². The van der Waals surface area contributed by atoms with Gasteiger partial charge in [-0.05, 0) is 49.4 Å². The number of carbonyl (C=O) groups is 1. The Hall–Kier alpha value is -2.60. The van der Waals surface area contributed by atoms with Crippen molar-refractivity contribution < 1.29 is 4.79 Å². The number of hydrogen-bond donors (Lipinski definition) is 2. The van der Waals surface area contributed by atoms with Crippen LogP contribution in [-0.4, -0.2) is 55.6 Å². The molecule has 2 N–H and O–H groups in total. The maximum atomic E-state index is 12.5. The molecule has 0 atom stereocenters. The topological polar surface area (TPSA) is 60.5 Å². The van der Waals surface area contributed by atoms with Gasteiger partial charge in [-0.2, -0.15) is 0 Å². The number of likely N-dealkylation sites (N-methyl/N-ethyl adjacent to an activating group) is 1. The van der Waals surface area contributed by atoms with Crippen molar-refractivity contribution in [3.05, 3.63) is 48.3 Å². The summed E-state index contributed by atoms with van der Waals surface area (Å²) in [6, 6.07) is 11.7.